The number of carbonyl (C=O) groups excluding carboxylic acids is 1. The number of alkyl halides is 3. The summed E-state index contributed by atoms with van der Waals surface area (Å²) in [7, 11) is 0. The third-order valence-corrected chi connectivity index (χ3v) is 4.58. The van der Waals surface area contributed by atoms with E-state index < -0.39 is 11.7 Å². The Balaban J connectivity index is 1.94. The number of hydrogen-bond acceptors (Lipinski definition) is 2. The van der Waals surface area contributed by atoms with Gasteiger partial charge in [0, 0.05) is 0 Å². The molecule has 0 aliphatic heterocycles. The maximum atomic E-state index is 12.6. The average Bonchev–Trinajstić information content (AvgIpc) is 2.53. The lowest BCUT2D eigenvalue weighted by Crippen LogP contribution is -2.29. The van der Waals surface area contributed by atoms with E-state index >= 15 is 0 Å². The predicted molar refractivity (Wildman–Crippen MR) is 81.8 cm³/mol. The van der Waals surface area contributed by atoms with Crippen LogP contribution in [0.4, 0.5) is 13.2 Å². The normalized spacial score (nSPS) is 21.9. The molecule has 0 bridgehead atoms. The van der Waals surface area contributed by atoms with Gasteiger partial charge in [-0.05, 0) is 56.2 Å². The topological polar surface area (TPSA) is 26.3 Å². The number of ether oxygens (including phenoxy) is 1. The van der Waals surface area contributed by atoms with Gasteiger partial charge in [0.15, 0.2) is 0 Å². The third kappa shape index (κ3) is 4.98. The number of aryl methyl sites for hydroxylation is 1. The summed E-state index contributed by atoms with van der Waals surface area (Å²) in [5, 5.41) is 0. The van der Waals surface area contributed by atoms with Crippen molar-refractivity contribution in [2.45, 2.75) is 51.6 Å². The maximum absolute atomic E-state index is 12.6. The second-order valence-electron chi connectivity index (χ2n) is 6.14. The molecule has 0 heterocycles. The Labute approximate surface area is 135 Å². The molecule has 128 valence electrons. The molecule has 1 aliphatic rings. The van der Waals surface area contributed by atoms with E-state index in [0.29, 0.717) is 13.0 Å². The van der Waals surface area contributed by atoms with Crippen LogP contribution in [0.1, 0.15) is 50.2 Å². The van der Waals surface area contributed by atoms with Gasteiger partial charge in [-0.1, -0.05) is 25.0 Å². The molecule has 1 aromatic carbocycles. The van der Waals surface area contributed by atoms with Crippen LogP contribution in [-0.4, -0.2) is 12.6 Å². The standard InChI is InChI=1S/C18H23F3O2/c1-2-23-17(22)16-6-4-3-5-14(16)10-7-13-8-11-15(12-9-13)18(19,20)21/h8-9,11-12,14,16H,2-7,10H2,1H3/t14-,16+/m0/s1. The number of rotatable bonds is 5. The molecular formula is C18H23F3O2. The van der Waals surface area contributed by atoms with Crippen molar-refractivity contribution in [3.8, 4) is 0 Å². The van der Waals surface area contributed by atoms with Crippen molar-refractivity contribution >= 4 is 5.97 Å². The number of benzene rings is 1. The monoisotopic (exact) mass is 328 g/mol. The van der Waals surface area contributed by atoms with Crippen LogP contribution in [0.3, 0.4) is 0 Å². The molecule has 0 spiro atoms. The highest BCUT2D eigenvalue weighted by Crippen LogP contribution is 2.34. The van der Waals surface area contributed by atoms with Gasteiger partial charge in [-0.3, -0.25) is 4.79 Å². The summed E-state index contributed by atoms with van der Waals surface area (Å²) >= 11 is 0. The number of hydrogen-bond donors (Lipinski definition) is 0. The summed E-state index contributed by atoms with van der Waals surface area (Å²) in [6, 6.07) is 5.31. The molecule has 0 amide bonds. The second-order valence-corrected chi connectivity index (χ2v) is 6.14. The third-order valence-electron chi connectivity index (χ3n) is 4.58. The van der Waals surface area contributed by atoms with E-state index in [-0.39, 0.29) is 17.8 Å². The fourth-order valence-corrected chi connectivity index (χ4v) is 3.33. The molecule has 1 aromatic rings. The van der Waals surface area contributed by atoms with Gasteiger partial charge in [0.2, 0.25) is 0 Å². The molecule has 1 aliphatic carbocycles. The Hall–Kier alpha value is -1.52. The average molecular weight is 328 g/mol. The summed E-state index contributed by atoms with van der Waals surface area (Å²) in [5.41, 5.74) is 0.259. The molecule has 2 nitrogen and oxygen atoms in total. The van der Waals surface area contributed by atoms with Crippen LogP contribution in [0.5, 0.6) is 0 Å². The lowest BCUT2D eigenvalue weighted by molar-refractivity contribution is -0.151. The summed E-state index contributed by atoms with van der Waals surface area (Å²) < 4.78 is 42.8. The highest BCUT2D eigenvalue weighted by atomic mass is 19.4. The SMILES string of the molecule is CCOC(=O)[C@@H]1CCCC[C@H]1CCc1ccc(C(F)(F)F)cc1. The molecule has 0 N–H and O–H groups in total. The van der Waals surface area contributed by atoms with Gasteiger partial charge in [0.25, 0.3) is 0 Å². The van der Waals surface area contributed by atoms with E-state index in [9.17, 15) is 18.0 Å². The van der Waals surface area contributed by atoms with E-state index in [4.69, 9.17) is 4.74 Å². The largest absolute Gasteiger partial charge is 0.466 e. The molecule has 23 heavy (non-hydrogen) atoms. The quantitative estimate of drug-likeness (QED) is 0.710. The molecule has 5 heteroatoms. The van der Waals surface area contributed by atoms with Crippen molar-refractivity contribution in [3.05, 3.63) is 35.4 Å². The predicted octanol–water partition coefficient (Wildman–Crippen LogP) is 5.01. The minimum atomic E-state index is -4.29. The molecule has 0 unspecified atom stereocenters. The van der Waals surface area contributed by atoms with E-state index in [1.54, 1.807) is 6.92 Å². The van der Waals surface area contributed by atoms with Gasteiger partial charge < -0.3 is 4.74 Å². The second kappa shape index (κ2) is 7.84. The van der Waals surface area contributed by atoms with Crippen LogP contribution in [0.25, 0.3) is 0 Å². The summed E-state index contributed by atoms with van der Waals surface area (Å²) in [4.78, 5) is 12.0. The Bertz CT molecular complexity index is 508. The Morgan fingerprint density at radius 2 is 1.83 bits per heavy atom. The molecule has 1 fully saturated rings. The van der Waals surface area contributed by atoms with Crippen molar-refractivity contribution in [1.82, 2.24) is 0 Å². The fraction of sp³-hybridized carbons (Fsp3) is 0.611. The van der Waals surface area contributed by atoms with Crippen LogP contribution >= 0.6 is 0 Å². The minimum Gasteiger partial charge on any atom is -0.466 e. The number of halogens is 3. The Morgan fingerprint density at radius 3 is 2.43 bits per heavy atom. The van der Waals surface area contributed by atoms with Crippen LogP contribution in [0.2, 0.25) is 0 Å². The van der Waals surface area contributed by atoms with Gasteiger partial charge >= 0.3 is 12.1 Å². The zero-order valence-corrected chi connectivity index (χ0v) is 13.4. The zero-order valence-electron chi connectivity index (χ0n) is 13.4. The first-order valence-corrected chi connectivity index (χ1v) is 8.24. The fourth-order valence-electron chi connectivity index (χ4n) is 3.33. The van der Waals surface area contributed by atoms with Crippen LogP contribution < -0.4 is 0 Å². The first-order valence-electron chi connectivity index (χ1n) is 8.24. The number of carbonyl (C=O) groups is 1. The zero-order chi connectivity index (χ0) is 16.9. The Kier molecular flexibility index (Phi) is 6.08. The first kappa shape index (κ1) is 17.8. The molecule has 2 rings (SSSR count). The van der Waals surface area contributed by atoms with Gasteiger partial charge in [-0.25, -0.2) is 0 Å². The lowest BCUT2D eigenvalue weighted by atomic mass is 9.76. The first-order chi connectivity index (χ1) is 10.9. The highest BCUT2D eigenvalue weighted by molar-refractivity contribution is 5.72. The van der Waals surface area contributed by atoms with Gasteiger partial charge in [0.05, 0.1) is 18.1 Å². The van der Waals surface area contributed by atoms with Crippen molar-refractivity contribution in [2.75, 3.05) is 6.61 Å². The van der Waals surface area contributed by atoms with Crippen molar-refractivity contribution in [3.63, 3.8) is 0 Å². The van der Waals surface area contributed by atoms with Gasteiger partial charge in [-0.2, -0.15) is 13.2 Å². The van der Waals surface area contributed by atoms with E-state index in [0.717, 1.165) is 49.8 Å². The summed E-state index contributed by atoms with van der Waals surface area (Å²) in [6.07, 6.45) is 1.21. The van der Waals surface area contributed by atoms with E-state index in [2.05, 4.69) is 0 Å². The van der Waals surface area contributed by atoms with Crippen molar-refractivity contribution < 1.29 is 22.7 Å². The highest BCUT2D eigenvalue weighted by Gasteiger charge is 2.32. The molecule has 2 atom stereocenters. The van der Waals surface area contributed by atoms with E-state index in [1.165, 1.54) is 12.1 Å². The van der Waals surface area contributed by atoms with Crippen LogP contribution in [0.15, 0.2) is 24.3 Å². The van der Waals surface area contributed by atoms with Crippen LogP contribution in [-0.2, 0) is 22.1 Å². The molecular weight excluding hydrogens is 305 g/mol. The maximum Gasteiger partial charge on any atom is 0.416 e. The van der Waals surface area contributed by atoms with Gasteiger partial charge in [-0.15, -0.1) is 0 Å². The Morgan fingerprint density at radius 1 is 1.17 bits per heavy atom. The molecule has 0 saturated heterocycles. The van der Waals surface area contributed by atoms with Crippen molar-refractivity contribution in [2.24, 2.45) is 11.8 Å². The molecule has 0 aromatic heterocycles. The van der Waals surface area contributed by atoms with E-state index in [1.807, 2.05) is 0 Å². The lowest BCUT2D eigenvalue weighted by Gasteiger charge is -2.29. The molecule has 1 saturated carbocycles. The van der Waals surface area contributed by atoms with Crippen LogP contribution in [0, 0.1) is 11.8 Å². The minimum absolute atomic E-state index is 0.0573. The van der Waals surface area contributed by atoms with Crippen molar-refractivity contribution in [1.29, 1.82) is 0 Å². The smallest absolute Gasteiger partial charge is 0.416 e. The summed E-state index contributed by atoms with van der Waals surface area (Å²) in [6.45, 7) is 2.19. The summed E-state index contributed by atoms with van der Waals surface area (Å²) in [5.74, 6) is 0.0906. The molecule has 0 radical (unpaired) electrons. The number of esters is 1. The van der Waals surface area contributed by atoms with Gasteiger partial charge in [0.1, 0.15) is 0 Å².